The van der Waals surface area contributed by atoms with E-state index >= 15 is 0 Å². The number of nitrogens with one attached hydrogen (secondary N) is 2. The molecular formula is C16H19N3O5S. The molecule has 1 aromatic carbocycles. The van der Waals surface area contributed by atoms with E-state index in [1.165, 1.54) is 18.9 Å². The summed E-state index contributed by atoms with van der Waals surface area (Å²) in [5, 5.41) is 2.72. The average molecular weight is 365 g/mol. The first-order valence-electron chi connectivity index (χ1n) is 7.56. The maximum absolute atomic E-state index is 12.7. The van der Waals surface area contributed by atoms with Crippen molar-refractivity contribution in [3.63, 3.8) is 0 Å². The number of carbonyl (C=O) groups excluding carboxylic acids is 2. The molecule has 0 spiro atoms. The Labute approximate surface area is 147 Å². The molecule has 1 amide bonds. The molecule has 134 valence electrons. The highest BCUT2D eigenvalue weighted by Gasteiger charge is 2.25. The highest BCUT2D eigenvalue weighted by atomic mass is 32.2. The highest BCUT2D eigenvalue weighted by Crippen LogP contribution is 2.13. The van der Waals surface area contributed by atoms with Crippen molar-refractivity contribution in [3.8, 4) is 0 Å². The number of thioether (sulfide) groups is 1. The van der Waals surface area contributed by atoms with E-state index < -0.39 is 29.2 Å². The summed E-state index contributed by atoms with van der Waals surface area (Å²) in [6, 6.07) is 5.58. The summed E-state index contributed by atoms with van der Waals surface area (Å²) >= 11 is 1.49. The van der Waals surface area contributed by atoms with Crippen LogP contribution in [0.25, 0.3) is 10.9 Å². The number of aromatic nitrogens is 2. The van der Waals surface area contributed by atoms with Crippen LogP contribution in [0.3, 0.4) is 0 Å². The van der Waals surface area contributed by atoms with Gasteiger partial charge in [0.1, 0.15) is 12.6 Å². The summed E-state index contributed by atoms with van der Waals surface area (Å²) in [6.07, 6.45) is 2.13. The van der Waals surface area contributed by atoms with Crippen molar-refractivity contribution in [2.24, 2.45) is 0 Å². The molecule has 0 aliphatic rings. The largest absolute Gasteiger partial charge is 0.468 e. The second kappa shape index (κ2) is 8.52. The van der Waals surface area contributed by atoms with E-state index in [0.29, 0.717) is 16.7 Å². The van der Waals surface area contributed by atoms with E-state index in [2.05, 4.69) is 15.0 Å². The number of esters is 1. The molecule has 2 rings (SSSR count). The zero-order valence-electron chi connectivity index (χ0n) is 13.9. The number of H-pyrrole nitrogens is 1. The Morgan fingerprint density at radius 2 is 2.04 bits per heavy atom. The molecule has 8 nitrogen and oxygen atoms in total. The van der Waals surface area contributed by atoms with Crippen LogP contribution < -0.4 is 16.6 Å². The third kappa shape index (κ3) is 4.30. The number of aromatic amines is 1. The van der Waals surface area contributed by atoms with Crippen LogP contribution in [0.2, 0.25) is 0 Å². The highest BCUT2D eigenvalue weighted by molar-refractivity contribution is 7.98. The third-order valence-corrected chi connectivity index (χ3v) is 4.32. The standard InChI is InChI=1S/C16H19N3O5S/c1-24-13(20)9-17-14(21)12(7-8-25-2)19-15(22)10-5-3-4-6-11(10)18-16(19)23/h3-6,12H,7-9H2,1-2H3,(H,17,21)(H,18,23)/t12-/m0/s1. The molecule has 1 heterocycles. The molecule has 1 atom stereocenters. The summed E-state index contributed by atoms with van der Waals surface area (Å²) in [6.45, 7) is -0.328. The van der Waals surface area contributed by atoms with Gasteiger partial charge in [-0.2, -0.15) is 11.8 Å². The van der Waals surface area contributed by atoms with Gasteiger partial charge in [-0.15, -0.1) is 0 Å². The van der Waals surface area contributed by atoms with Crippen molar-refractivity contribution < 1.29 is 14.3 Å². The van der Waals surface area contributed by atoms with Gasteiger partial charge < -0.3 is 15.0 Å². The molecule has 0 bridgehead atoms. The van der Waals surface area contributed by atoms with Crippen LogP contribution in [0.1, 0.15) is 12.5 Å². The Bertz CT molecular complexity index is 889. The van der Waals surface area contributed by atoms with Crippen LogP contribution in [0.15, 0.2) is 33.9 Å². The Morgan fingerprint density at radius 3 is 2.72 bits per heavy atom. The predicted molar refractivity (Wildman–Crippen MR) is 95.9 cm³/mol. The Hall–Kier alpha value is -2.55. The van der Waals surface area contributed by atoms with E-state index in [1.54, 1.807) is 24.3 Å². The van der Waals surface area contributed by atoms with Crippen molar-refractivity contribution >= 4 is 34.5 Å². The maximum Gasteiger partial charge on any atom is 0.329 e. The smallest absolute Gasteiger partial charge is 0.329 e. The topological polar surface area (TPSA) is 110 Å². The average Bonchev–Trinajstić information content (AvgIpc) is 2.61. The van der Waals surface area contributed by atoms with Gasteiger partial charge in [0.15, 0.2) is 0 Å². The molecular weight excluding hydrogens is 346 g/mol. The minimum absolute atomic E-state index is 0.273. The molecule has 2 N–H and O–H groups in total. The zero-order valence-corrected chi connectivity index (χ0v) is 14.7. The van der Waals surface area contributed by atoms with Crippen molar-refractivity contribution in [1.29, 1.82) is 0 Å². The second-order valence-electron chi connectivity index (χ2n) is 5.24. The molecule has 1 aromatic heterocycles. The number of hydrogen-bond acceptors (Lipinski definition) is 6. The fourth-order valence-corrected chi connectivity index (χ4v) is 2.87. The van der Waals surface area contributed by atoms with Gasteiger partial charge >= 0.3 is 11.7 Å². The predicted octanol–water partition coefficient (Wildman–Crippen LogP) is 0.273. The molecule has 25 heavy (non-hydrogen) atoms. The van der Waals surface area contributed by atoms with Crippen LogP contribution in [-0.2, 0) is 14.3 Å². The quantitative estimate of drug-likeness (QED) is 0.682. The van der Waals surface area contributed by atoms with Crippen LogP contribution in [0.5, 0.6) is 0 Å². The lowest BCUT2D eigenvalue weighted by atomic mass is 10.2. The number of amides is 1. The molecule has 9 heteroatoms. The third-order valence-electron chi connectivity index (χ3n) is 3.68. The lowest BCUT2D eigenvalue weighted by Gasteiger charge is -2.18. The summed E-state index contributed by atoms with van der Waals surface area (Å²) in [4.78, 5) is 51.4. The molecule has 0 fully saturated rings. The number of benzene rings is 1. The molecule has 0 saturated heterocycles. The van der Waals surface area contributed by atoms with E-state index in [1.807, 2.05) is 6.26 Å². The summed E-state index contributed by atoms with van der Waals surface area (Å²) in [7, 11) is 1.21. The van der Waals surface area contributed by atoms with Gasteiger partial charge in [0.25, 0.3) is 5.56 Å². The molecule has 0 saturated carbocycles. The van der Waals surface area contributed by atoms with Gasteiger partial charge in [-0.25, -0.2) is 9.36 Å². The molecule has 2 aromatic rings. The van der Waals surface area contributed by atoms with Crippen molar-refractivity contribution in [2.75, 3.05) is 25.7 Å². The Morgan fingerprint density at radius 1 is 1.32 bits per heavy atom. The van der Waals surface area contributed by atoms with Gasteiger partial charge in [-0.1, -0.05) is 12.1 Å². The number of hydrogen-bond donors (Lipinski definition) is 2. The van der Waals surface area contributed by atoms with Gasteiger partial charge in [0.05, 0.1) is 18.0 Å². The number of ether oxygens (including phenoxy) is 1. The zero-order chi connectivity index (χ0) is 18.4. The Balaban J connectivity index is 2.45. The summed E-state index contributed by atoms with van der Waals surface area (Å²) in [5.74, 6) is -0.631. The molecule has 0 radical (unpaired) electrons. The van der Waals surface area contributed by atoms with Crippen LogP contribution >= 0.6 is 11.8 Å². The monoisotopic (exact) mass is 365 g/mol. The minimum atomic E-state index is -1.02. The van der Waals surface area contributed by atoms with Crippen molar-refractivity contribution in [1.82, 2.24) is 14.9 Å². The van der Waals surface area contributed by atoms with E-state index in [9.17, 15) is 19.2 Å². The number of para-hydroxylation sites is 1. The Kier molecular flexibility index (Phi) is 6.40. The first-order valence-corrected chi connectivity index (χ1v) is 8.96. The van der Waals surface area contributed by atoms with E-state index in [0.717, 1.165) is 4.57 Å². The summed E-state index contributed by atoms with van der Waals surface area (Å²) < 4.78 is 5.39. The van der Waals surface area contributed by atoms with Gasteiger partial charge in [-0.05, 0) is 30.6 Å². The van der Waals surface area contributed by atoms with Crippen LogP contribution in [0.4, 0.5) is 0 Å². The number of rotatable bonds is 7. The van der Waals surface area contributed by atoms with Gasteiger partial charge in [0, 0.05) is 0 Å². The van der Waals surface area contributed by atoms with E-state index in [-0.39, 0.29) is 13.0 Å². The van der Waals surface area contributed by atoms with Crippen LogP contribution in [0, 0.1) is 0 Å². The SMILES string of the molecule is COC(=O)CNC(=O)[C@H](CCSC)n1c(=O)[nH]c2ccccc2c1=O. The number of methoxy groups -OCH3 is 1. The lowest BCUT2D eigenvalue weighted by Crippen LogP contribution is -2.45. The number of nitrogens with zero attached hydrogens (tertiary/aromatic N) is 1. The van der Waals surface area contributed by atoms with Crippen LogP contribution in [-0.4, -0.2) is 47.1 Å². The molecule has 0 aliphatic carbocycles. The van der Waals surface area contributed by atoms with E-state index in [4.69, 9.17) is 0 Å². The second-order valence-corrected chi connectivity index (χ2v) is 6.23. The molecule has 0 aliphatic heterocycles. The summed E-state index contributed by atoms with van der Waals surface area (Å²) in [5.41, 5.74) is -0.797. The molecule has 0 unspecified atom stereocenters. The number of fused-ring (bicyclic) bond motifs is 1. The van der Waals surface area contributed by atoms with Gasteiger partial charge in [-0.3, -0.25) is 14.4 Å². The first kappa shape index (κ1) is 18.8. The first-order chi connectivity index (χ1) is 12.0. The minimum Gasteiger partial charge on any atom is -0.468 e. The maximum atomic E-state index is 12.7. The fourth-order valence-electron chi connectivity index (χ4n) is 2.42. The number of carbonyl (C=O) groups is 2. The van der Waals surface area contributed by atoms with Crippen molar-refractivity contribution in [2.45, 2.75) is 12.5 Å². The normalized spacial score (nSPS) is 11.9. The van der Waals surface area contributed by atoms with Gasteiger partial charge in [0.2, 0.25) is 5.91 Å². The lowest BCUT2D eigenvalue weighted by molar-refractivity contribution is -0.141. The fraction of sp³-hybridized carbons (Fsp3) is 0.375. The van der Waals surface area contributed by atoms with Crippen molar-refractivity contribution in [3.05, 3.63) is 45.1 Å².